The minimum Gasteiger partial charge on any atom is -0.480 e. The van der Waals surface area contributed by atoms with Crippen molar-refractivity contribution < 1.29 is 22.7 Å². The molecule has 0 aliphatic carbocycles. The van der Waals surface area contributed by atoms with Crippen molar-refractivity contribution in [3.05, 3.63) is 53.3 Å². The average Bonchev–Trinajstić information content (AvgIpc) is 3.45. The molecule has 0 atom stereocenters. The average molecular weight is 446 g/mol. The first-order valence-electron chi connectivity index (χ1n) is 9.98. The quantitative estimate of drug-likeness (QED) is 0.641. The molecular weight excluding hydrogens is 425 g/mol. The second-order valence-corrected chi connectivity index (χ2v) is 7.40. The van der Waals surface area contributed by atoms with Gasteiger partial charge in [-0.1, -0.05) is 0 Å². The van der Waals surface area contributed by atoms with E-state index in [1.165, 1.54) is 19.2 Å². The van der Waals surface area contributed by atoms with E-state index < -0.39 is 23.3 Å². The van der Waals surface area contributed by atoms with Gasteiger partial charge in [0.2, 0.25) is 5.88 Å². The van der Waals surface area contributed by atoms with Crippen LogP contribution in [0.2, 0.25) is 0 Å². The molecule has 0 bridgehead atoms. The highest BCUT2D eigenvalue weighted by atomic mass is 19.4. The number of methoxy groups -OCH3 is 1. The highest BCUT2D eigenvalue weighted by Gasteiger charge is 2.41. The van der Waals surface area contributed by atoms with Crippen LogP contribution in [0.3, 0.4) is 0 Å². The predicted molar refractivity (Wildman–Crippen MR) is 111 cm³/mol. The van der Waals surface area contributed by atoms with E-state index >= 15 is 0 Å². The second-order valence-electron chi connectivity index (χ2n) is 7.40. The molecule has 2 aromatic heterocycles. The number of hydrogen-bond acceptors (Lipinski definition) is 6. The highest BCUT2D eigenvalue weighted by Crippen LogP contribution is 2.34. The zero-order valence-corrected chi connectivity index (χ0v) is 17.5. The first-order chi connectivity index (χ1) is 15.3. The van der Waals surface area contributed by atoms with Gasteiger partial charge in [-0.25, -0.2) is 4.68 Å². The third kappa shape index (κ3) is 4.23. The number of carbonyl (C=O) groups is 1. The number of aromatic nitrogens is 4. The molecule has 168 valence electrons. The Hall–Kier alpha value is -3.63. The summed E-state index contributed by atoms with van der Waals surface area (Å²) < 4.78 is 47.0. The molecule has 11 heteroatoms. The van der Waals surface area contributed by atoms with Gasteiger partial charge < -0.3 is 15.0 Å². The lowest BCUT2D eigenvalue weighted by atomic mass is 10.1. The molecular formula is C21H21F3N6O2. The van der Waals surface area contributed by atoms with Crippen LogP contribution in [-0.4, -0.2) is 46.1 Å². The molecule has 1 saturated heterocycles. The van der Waals surface area contributed by atoms with Crippen LogP contribution < -0.4 is 15.0 Å². The Bertz CT molecular complexity index is 1120. The van der Waals surface area contributed by atoms with Crippen LogP contribution in [0.15, 0.2) is 36.5 Å². The number of hydrogen-bond donors (Lipinski definition) is 1. The zero-order chi connectivity index (χ0) is 22.9. The summed E-state index contributed by atoms with van der Waals surface area (Å²) in [4.78, 5) is 15.0. The van der Waals surface area contributed by atoms with E-state index in [4.69, 9.17) is 4.74 Å². The van der Waals surface area contributed by atoms with Crippen molar-refractivity contribution in [1.82, 2.24) is 20.0 Å². The van der Waals surface area contributed by atoms with Crippen molar-refractivity contribution >= 4 is 17.3 Å². The summed E-state index contributed by atoms with van der Waals surface area (Å²) in [6.45, 7) is 3.73. The Morgan fingerprint density at radius 3 is 2.47 bits per heavy atom. The number of amides is 1. The summed E-state index contributed by atoms with van der Waals surface area (Å²) in [5, 5.41) is 13.7. The molecule has 1 fully saturated rings. The number of nitrogens with one attached hydrogen (secondary N) is 1. The Balaban J connectivity index is 1.63. The van der Waals surface area contributed by atoms with Gasteiger partial charge in [-0.2, -0.15) is 18.3 Å². The number of alkyl halides is 3. The van der Waals surface area contributed by atoms with Gasteiger partial charge in [-0.3, -0.25) is 4.79 Å². The van der Waals surface area contributed by atoms with Crippen molar-refractivity contribution in [3.63, 3.8) is 0 Å². The lowest BCUT2D eigenvalue weighted by molar-refractivity contribution is -0.143. The molecule has 0 unspecified atom stereocenters. The molecule has 4 rings (SSSR count). The number of nitrogens with zero attached hydrogens (tertiary/aromatic N) is 5. The minimum absolute atomic E-state index is 0.139. The van der Waals surface area contributed by atoms with Gasteiger partial charge in [0.1, 0.15) is 0 Å². The standard InChI is InChI=1S/C21H21F3N6O2/c1-13-11-14(29-9-3-4-10-29)5-6-16(13)26-20(31)15-12-25-30(19(15)21(22,23)24)17-7-8-18(32-2)28-27-17/h5-8,11-12H,3-4,9-10H2,1-2H3,(H,26,31). The van der Waals surface area contributed by atoms with Gasteiger partial charge in [0, 0.05) is 30.5 Å². The van der Waals surface area contributed by atoms with E-state index in [-0.39, 0.29) is 11.7 Å². The Labute approximate surface area is 182 Å². The Kier molecular flexibility index (Phi) is 5.72. The lowest BCUT2D eigenvalue weighted by Crippen LogP contribution is -2.21. The van der Waals surface area contributed by atoms with E-state index in [1.54, 1.807) is 13.0 Å². The number of ether oxygens (including phenoxy) is 1. The van der Waals surface area contributed by atoms with E-state index in [9.17, 15) is 18.0 Å². The molecule has 1 aliphatic heterocycles. The molecule has 0 spiro atoms. The summed E-state index contributed by atoms with van der Waals surface area (Å²) in [5.41, 5.74) is 0.367. The maximum atomic E-state index is 13.9. The van der Waals surface area contributed by atoms with Crippen LogP contribution in [0.5, 0.6) is 5.88 Å². The fourth-order valence-corrected chi connectivity index (χ4v) is 3.65. The van der Waals surface area contributed by atoms with Gasteiger partial charge in [0.05, 0.1) is 18.9 Å². The summed E-state index contributed by atoms with van der Waals surface area (Å²) in [6, 6.07) is 8.11. The first kappa shape index (κ1) is 21.6. The van der Waals surface area contributed by atoms with Crippen molar-refractivity contribution in [3.8, 4) is 11.7 Å². The predicted octanol–water partition coefficient (Wildman–Crippen LogP) is 3.85. The largest absolute Gasteiger partial charge is 0.480 e. The molecule has 1 aliphatic rings. The van der Waals surface area contributed by atoms with Crippen LogP contribution in [0.1, 0.15) is 34.5 Å². The number of benzene rings is 1. The summed E-state index contributed by atoms with van der Waals surface area (Å²) in [7, 11) is 1.36. The maximum Gasteiger partial charge on any atom is 0.434 e. The molecule has 1 amide bonds. The summed E-state index contributed by atoms with van der Waals surface area (Å²) in [6.07, 6.45) is -1.72. The van der Waals surface area contributed by atoms with Crippen molar-refractivity contribution in [1.29, 1.82) is 0 Å². The Morgan fingerprint density at radius 2 is 1.88 bits per heavy atom. The number of rotatable bonds is 5. The summed E-state index contributed by atoms with van der Waals surface area (Å²) >= 11 is 0. The van der Waals surface area contributed by atoms with Gasteiger partial charge >= 0.3 is 6.18 Å². The Morgan fingerprint density at radius 1 is 1.12 bits per heavy atom. The topological polar surface area (TPSA) is 85.2 Å². The molecule has 0 radical (unpaired) electrons. The minimum atomic E-state index is -4.85. The summed E-state index contributed by atoms with van der Waals surface area (Å²) in [5.74, 6) is -0.967. The highest BCUT2D eigenvalue weighted by molar-refractivity contribution is 6.05. The van der Waals surface area contributed by atoms with E-state index in [1.807, 2.05) is 12.1 Å². The zero-order valence-electron chi connectivity index (χ0n) is 17.5. The van der Waals surface area contributed by atoms with Gasteiger partial charge in [-0.15, -0.1) is 10.2 Å². The normalized spacial score (nSPS) is 14.0. The van der Waals surface area contributed by atoms with Crippen LogP contribution in [0.4, 0.5) is 24.5 Å². The van der Waals surface area contributed by atoms with E-state index in [2.05, 4.69) is 25.5 Å². The van der Waals surface area contributed by atoms with Crippen LogP contribution in [-0.2, 0) is 6.18 Å². The van der Waals surface area contributed by atoms with Crippen LogP contribution in [0.25, 0.3) is 5.82 Å². The van der Waals surface area contributed by atoms with Crippen LogP contribution >= 0.6 is 0 Å². The van der Waals surface area contributed by atoms with Gasteiger partial charge in [0.15, 0.2) is 11.5 Å². The fourth-order valence-electron chi connectivity index (χ4n) is 3.65. The third-order valence-electron chi connectivity index (χ3n) is 5.26. The third-order valence-corrected chi connectivity index (χ3v) is 5.26. The lowest BCUT2D eigenvalue weighted by Gasteiger charge is -2.19. The molecule has 0 saturated carbocycles. The van der Waals surface area contributed by atoms with E-state index in [0.717, 1.165) is 43.4 Å². The number of aryl methyl sites for hydroxylation is 1. The van der Waals surface area contributed by atoms with E-state index in [0.29, 0.717) is 10.4 Å². The molecule has 8 nitrogen and oxygen atoms in total. The molecule has 1 N–H and O–H groups in total. The SMILES string of the molecule is COc1ccc(-n2ncc(C(=O)Nc3ccc(N4CCCC4)cc3C)c2C(F)(F)F)nn1. The molecule has 1 aromatic carbocycles. The first-order valence-corrected chi connectivity index (χ1v) is 9.98. The van der Waals surface area contributed by atoms with Crippen molar-refractivity contribution in [2.45, 2.75) is 25.9 Å². The smallest absolute Gasteiger partial charge is 0.434 e. The molecule has 3 heterocycles. The fraction of sp³-hybridized carbons (Fsp3) is 0.333. The molecule has 3 aromatic rings. The number of halogens is 3. The van der Waals surface area contributed by atoms with Gasteiger partial charge in [0.25, 0.3) is 5.91 Å². The van der Waals surface area contributed by atoms with Crippen molar-refractivity contribution in [2.75, 3.05) is 30.4 Å². The molecule has 32 heavy (non-hydrogen) atoms. The van der Waals surface area contributed by atoms with Crippen LogP contribution in [0, 0.1) is 6.92 Å². The van der Waals surface area contributed by atoms with Crippen molar-refractivity contribution in [2.24, 2.45) is 0 Å². The van der Waals surface area contributed by atoms with Gasteiger partial charge in [-0.05, 0) is 49.6 Å². The number of anilines is 2. The number of carbonyl (C=O) groups excluding carboxylic acids is 1. The maximum absolute atomic E-state index is 13.9. The second kappa shape index (κ2) is 8.48. The monoisotopic (exact) mass is 446 g/mol.